The Morgan fingerprint density at radius 1 is 1.50 bits per heavy atom. The van der Waals surface area contributed by atoms with Crippen molar-refractivity contribution in [3.8, 4) is 0 Å². The lowest BCUT2D eigenvalue weighted by atomic mass is 9.97. The SMILES string of the molecule is CC(C)(CN)CS(=O)(=O)F. The van der Waals surface area contributed by atoms with Gasteiger partial charge in [0, 0.05) is 0 Å². The van der Waals surface area contributed by atoms with E-state index in [2.05, 4.69) is 0 Å². The predicted molar refractivity (Wildman–Crippen MR) is 37.7 cm³/mol. The van der Waals surface area contributed by atoms with Crippen LogP contribution in [0.15, 0.2) is 0 Å². The Bertz CT molecular complexity index is 198. The molecule has 62 valence electrons. The van der Waals surface area contributed by atoms with Crippen molar-refractivity contribution in [3.05, 3.63) is 0 Å². The average molecular weight is 169 g/mol. The fourth-order valence-electron chi connectivity index (χ4n) is 0.526. The van der Waals surface area contributed by atoms with E-state index in [-0.39, 0.29) is 6.54 Å². The summed E-state index contributed by atoms with van der Waals surface area (Å²) in [6.45, 7) is 3.37. The molecule has 0 aromatic heterocycles. The highest BCUT2D eigenvalue weighted by atomic mass is 32.3. The molecule has 0 atom stereocenters. The van der Waals surface area contributed by atoms with E-state index in [1.165, 1.54) is 0 Å². The highest BCUT2D eigenvalue weighted by molar-refractivity contribution is 7.86. The summed E-state index contributed by atoms with van der Waals surface area (Å²) < 4.78 is 32.2. The van der Waals surface area contributed by atoms with Gasteiger partial charge in [0.05, 0.1) is 5.75 Å². The summed E-state index contributed by atoms with van der Waals surface area (Å²) in [6, 6.07) is 0. The molecule has 0 bridgehead atoms. The monoisotopic (exact) mass is 169 g/mol. The molecular formula is C5H12FNO2S. The van der Waals surface area contributed by atoms with Gasteiger partial charge in [-0.25, -0.2) is 0 Å². The molecule has 0 radical (unpaired) electrons. The lowest BCUT2D eigenvalue weighted by molar-refractivity contribution is 0.416. The van der Waals surface area contributed by atoms with Crippen LogP contribution >= 0.6 is 0 Å². The molecule has 0 aliphatic rings. The van der Waals surface area contributed by atoms with Crippen LogP contribution in [-0.2, 0) is 10.2 Å². The van der Waals surface area contributed by atoms with Gasteiger partial charge in [-0.2, -0.15) is 8.42 Å². The van der Waals surface area contributed by atoms with Crippen LogP contribution < -0.4 is 5.73 Å². The van der Waals surface area contributed by atoms with Gasteiger partial charge in [0.15, 0.2) is 0 Å². The fourth-order valence-corrected chi connectivity index (χ4v) is 1.58. The smallest absolute Gasteiger partial charge is 0.302 e. The van der Waals surface area contributed by atoms with Crippen LogP contribution in [0.3, 0.4) is 0 Å². The second-order valence-corrected chi connectivity index (χ2v) is 4.42. The molecule has 0 amide bonds. The van der Waals surface area contributed by atoms with Gasteiger partial charge < -0.3 is 5.73 Å². The molecule has 5 heteroatoms. The third-order valence-electron chi connectivity index (χ3n) is 1.12. The maximum atomic E-state index is 12.0. The van der Waals surface area contributed by atoms with Crippen molar-refractivity contribution in [1.29, 1.82) is 0 Å². The standard InChI is InChI=1S/C5H12FNO2S/c1-5(2,3-7)4-10(6,8)9/h3-4,7H2,1-2H3. The Morgan fingerprint density at radius 3 is 2.00 bits per heavy atom. The lowest BCUT2D eigenvalue weighted by Crippen LogP contribution is -2.30. The van der Waals surface area contributed by atoms with Crippen LogP contribution in [0.25, 0.3) is 0 Å². The molecule has 3 nitrogen and oxygen atoms in total. The third-order valence-corrected chi connectivity index (χ3v) is 2.24. The van der Waals surface area contributed by atoms with Crippen LogP contribution in [0.4, 0.5) is 3.89 Å². The minimum Gasteiger partial charge on any atom is -0.330 e. The second kappa shape index (κ2) is 2.84. The number of rotatable bonds is 3. The van der Waals surface area contributed by atoms with E-state index < -0.39 is 21.4 Å². The van der Waals surface area contributed by atoms with E-state index >= 15 is 0 Å². The lowest BCUT2D eigenvalue weighted by Gasteiger charge is -2.18. The van der Waals surface area contributed by atoms with Crippen LogP contribution in [-0.4, -0.2) is 20.7 Å². The van der Waals surface area contributed by atoms with Gasteiger partial charge in [0.2, 0.25) is 0 Å². The average Bonchev–Trinajstić information content (AvgIpc) is 1.60. The van der Waals surface area contributed by atoms with Gasteiger partial charge in [0.25, 0.3) is 0 Å². The molecule has 2 N–H and O–H groups in total. The molecule has 0 saturated heterocycles. The third kappa shape index (κ3) is 4.69. The summed E-state index contributed by atoms with van der Waals surface area (Å²) in [5.41, 5.74) is 4.52. The fraction of sp³-hybridized carbons (Fsp3) is 1.00. The first-order valence-corrected chi connectivity index (χ1v) is 4.44. The van der Waals surface area contributed by atoms with Gasteiger partial charge in [-0.05, 0) is 12.0 Å². The molecule has 10 heavy (non-hydrogen) atoms. The van der Waals surface area contributed by atoms with Crippen LogP contribution in [0, 0.1) is 5.41 Å². The first kappa shape index (κ1) is 9.84. The van der Waals surface area contributed by atoms with Crippen molar-refractivity contribution in [2.24, 2.45) is 11.1 Å². The van der Waals surface area contributed by atoms with E-state index in [0.29, 0.717) is 0 Å². The van der Waals surface area contributed by atoms with Crippen molar-refractivity contribution >= 4 is 10.2 Å². The van der Waals surface area contributed by atoms with Gasteiger partial charge in [-0.1, -0.05) is 13.8 Å². The number of halogens is 1. The van der Waals surface area contributed by atoms with E-state index in [1.807, 2.05) is 0 Å². The summed E-state index contributed by atoms with van der Waals surface area (Å²) in [7, 11) is -4.37. The number of hydrogen-bond donors (Lipinski definition) is 1. The Kier molecular flexibility index (Phi) is 2.79. The summed E-state index contributed by atoms with van der Waals surface area (Å²) in [6.07, 6.45) is 0. The molecule has 0 unspecified atom stereocenters. The zero-order chi connectivity index (χ0) is 8.41. The molecule has 0 aliphatic heterocycles. The summed E-state index contributed by atoms with van der Waals surface area (Å²) in [5, 5.41) is 0. The Morgan fingerprint density at radius 2 is 1.90 bits per heavy atom. The van der Waals surface area contributed by atoms with Gasteiger partial charge in [-0.15, -0.1) is 3.89 Å². The predicted octanol–water partition coefficient (Wildman–Crippen LogP) is 0.271. The molecule has 0 aromatic carbocycles. The van der Waals surface area contributed by atoms with E-state index in [4.69, 9.17) is 5.73 Å². The molecule has 0 aromatic rings. The van der Waals surface area contributed by atoms with Gasteiger partial charge in [-0.3, -0.25) is 0 Å². The van der Waals surface area contributed by atoms with Crippen molar-refractivity contribution in [2.75, 3.05) is 12.3 Å². The largest absolute Gasteiger partial charge is 0.330 e. The maximum Gasteiger partial charge on any atom is 0.302 e. The Balaban J connectivity index is 4.16. The van der Waals surface area contributed by atoms with Gasteiger partial charge in [0.1, 0.15) is 0 Å². The van der Waals surface area contributed by atoms with E-state index in [0.717, 1.165) is 0 Å². The summed E-state index contributed by atoms with van der Waals surface area (Å²) >= 11 is 0. The molecule has 0 heterocycles. The van der Waals surface area contributed by atoms with Gasteiger partial charge >= 0.3 is 10.2 Å². The Labute approximate surface area is 60.6 Å². The molecule has 0 rings (SSSR count). The van der Waals surface area contributed by atoms with Crippen molar-refractivity contribution in [2.45, 2.75) is 13.8 Å². The zero-order valence-corrected chi connectivity index (χ0v) is 6.91. The molecular weight excluding hydrogens is 157 g/mol. The highest BCUT2D eigenvalue weighted by Gasteiger charge is 2.23. The maximum absolute atomic E-state index is 12.0. The first-order valence-electron chi connectivity index (χ1n) is 2.89. The minimum atomic E-state index is -4.37. The van der Waals surface area contributed by atoms with Crippen LogP contribution in [0.5, 0.6) is 0 Å². The van der Waals surface area contributed by atoms with Crippen molar-refractivity contribution in [3.63, 3.8) is 0 Å². The first-order chi connectivity index (χ1) is 4.27. The molecule has 0 spiro atoms. The summed E-state index contributed by atoms with van der Waals surface area (Å²) in [4.78, 5) is 0. The second-order valence-electron chi connectivity index (χ2n) is 3.05. The quantitative estimate of drug-likeness (QED) is 0.617. The van der Waals surface area contributed by atoms with Crippen molar-refractivity contribution < 1.29 is 12.3 Å². The molecule has 0 aliphatic carbocycles. The number of nitrogens with two attached hydrogens (primary N) is 1. The minimum absolute atomic E-state index is 0.163. The zero-order valence-electron chi connectivity index (χ0n) is 6.09. The van der Waals surface area contributed by atoms with E-state index in [1.54, 1.807) is 13.8 Å². The van der Waals surface area contributed by atoms with E-state index in [9.17, 15) is 12.3 Å². The topological polar surface area (TPSA) is 60.2 Å². The number of hydrogen-bond acceptors (Lipinski definition) is 3. The normalized spacial score (nSPS) is 13.6. The highest BCUT2D eigenvalue weighted by Crippen LogP contribution is 2.16. The van der Waals surface area contributed by atoms with Crippen molar-refractivity contribution in [1.82, 2.24) is 0 Å². The Hall–Kier alpha value is -0.160. The summed E-state index contributed by atoms with van der Waals surface area (Å²) in [5.74, 6) is -0.503. The van der Waals surface area contributed by atoms with Crippen LogP contribution in [0.1, 0.15) is 13.8 Å². The molecule has 0 saturated carbocycles. The van der Waals surface area contributed by atoms with Crippen LogP contribution in [0.2, 0.25) is 0 Å². The molecule has 0 fully saturated rings.